The minimum Gasteiger partial charge on any atom is -0.490 e. The van der Waals surface area contributed by atoms with Gasteiger partial charge in [0.2, 0.25) is 0 Å². The molecule has 0 bridgehead atoms. The Labute approximate surface area is 156 Å². The summed E-state index contributed by atoms with van der Waals surface area (Å²) >= 11 is 5.19. The van der Waals surface area contributed by atoms with E-state index in [0.717, 1.165) is 23.3 Å². The van der Waals surface area contributed by atoms with E-state index in [1.54, 1.807) is 18.2 Å². The van der Waals surface area contributed by atoms with Crippen molar-refractivity contribution in [2.24, 2.45) is 0 Å². The zero-order chi connectivity index (χ0) is 18.3. The molecule has 4 rings (SSSR count). The molecule has 0 saturated carbocycles. The molecule has 1 fully saturated rings. The summed E-state index contributed by atoms with van der Waals surface area (Å²) in [4.78, 5) is 26.6. The molecule has 0 radical (unpaired) electrons. The van der Waals surface area contributed by atoms with E-state index in [2.05, 4.69) is 5.32 Å². The van der Waals surface area contributed by atoms with E-state index in [4.69, 9.17) is 17.0 Å². The molecule has 26 heavy (non-hydrogen) atoms. The molecule has 2 aliphatic rings. The Balaban J connectivity index is 1.70. The highest BCUT2D eigenvalue weighted by Crippen LogP contribution is 2.30. The maximum absolute atomic E-state index is 12.9. The van der Waals surface area contributed by atoms with Gasteiger partial charge in [-0.3, -0.25) is 19.8 Å². The minimum absolute atomic E-state index is 0.0503. The van der Waals surface area contributed by atoms with E-state index < -0.39 is 11.8 Å². The van der Waals surface area contributed by atoms with Crippen LogP contribution in [0.1, 0.15) is 18.1 Å². The third kappa shape index (κ3) is 2.88. The van der Waals surface area contributed by atoms with Gasteiger partial charge in [-0.1, -0.05) is 24.3 Å². The van der Waals surface area contributed by atoms with Crippen molar-refractivity contribution < 1.29 is 14.3 Å². The lowest BCUT2D eigenvalue weighted by Crippen LogP contribution is -2.54. The van der Waals surface area contributed by atoms with Gasteiger partial charge in [0.05, 0.1) is 5.69 Å². The van der Waals surface area contributed by atoms with Crippen LogP contribution in [-0.2, 0) is 16.0 Å². The van der Waals surface area contributed by atoms with Crippen LogP contribution < -0.4 is 15.0 Å². The largest absolute Gasteiger partial charge is 0.490 e. The normalized spacial score (nSPS) is 20.8. The smallest absolute Gasteiger partial charge is 0.270 e. The van der Waals surface area contributed by atoms with Crippen LogP contribution in [0.4, 0.5) is 5.69 Å². The van der Waals surface area contributed by atoms with Gasteiger partial charge in [-0.15, -0.1) is 0 Å². The number of carbonyl (C=O) groups excluding carboxylic acids is 2. The van der Waals surface area contributed by atoms with E-state index >= 15 is 0 Å². The van der Waals surface area contributed by atoms with Gasteiger partial charge in [0.25, 0.3) is 11.8 Å². The summed E-state index contributed by atoms with van der Waals surface area (Å²) < 4.78 is 5.69. The van der Waals surface area contributed by atoms with Gasteiger partial charge >= 0.3 is 0 Å². The van der Waals surface area contributed by atoms with Gasteiger partial charge in [0, 0.05) is 6.42 Å². The topological polar surface area (TPSA) is 58.6 Å². The van der Waals surface area contributed by atoms with E-state index in [1.807, 2.05) is 43.3 Å². The number of carbonyl (C=O) groups is 2. The van der Waals surface area contributed by atoms with Gasteiger partial charge in [-0.25, -0.2) is 0 Å². The van der Waals surface area contributed by atoms with Crippen molar-refractivity contribution in [1.29, 1.82) is 0 Å². The number of nitrogens with zero attached hydrogens (tertiary/aromatic N) is 1. The molecule has 130 valence electrons. The summed E-state index contributed by atoms with van der Waals surface area (Å²) in [5, 5.41) is 2.68. The molecule has 0 spiro atoms. The quantitative estimate of drug-likeness (QED) is 0.506. The lowest BCUT2D eigenvalue weighted by Gasteiger charge is -2.28. The molecule has 1 N–H and O–H groups in total. The number of hydrogen-bond donors (Lipinski definition) is 1. The highest BCUT2D eigenvalue weighted by atomic mass is 32.1. The highest BCUT2D eigenvalue weighted by Gasteiger charge is 2.34. The maximum Gasteiger partial charge on any atom is 0.270 e. The first-order chi connectivity index (χ1) is 12.5. The maximum atomic E-state index is 12.9. The second-order valence-corrected chi connectivity index (χ2v) is 6.68. The van der Waals surface area contributed by atoms with Crippen LogP contribution >= 0.6 is 12.2 Å². The van der Waals surface area contributed by atoms with Gasteiger partial charge in [-0.2, -0.15) is 0 Å². The number of ether oxygens (including phenoxy) is 1. The predicted octanol–water partition coefficient (Wildman–Crippen LogP) is 2.84. The van der Waals surface area contributed by atoms with Crippen molar-refractivity contribution in [2.45, 2.75) is 19.4 Å². The molecule has 6 heteroatoms. The lowest BCUT2D eigenvalue weighted by atomic mass is 10.0. The Bertz CT molecular complexity index is 953. The highest BCUT2D eigenvalue weighted by molar-refractivity contribution is 7.80. The molecule has 2 aromatic rings. The third-order valence-corrected chi connectivity index (χ3v) is 4.63. The summed E-state index contributed by atoms with van der Waals surface area (Å²) in [7, 11) is 0. The van der Waals surface area contributed by atoms with Gasteiger partial charge in [-0.05, 0) is 60.6 Å². The van der Waals surface area contributed by atoms with Gasteiger partial charge in [0.1, 0.15) is 17.4 Å². The molecule has 2 heterocycles. The Hall–Kier alpha value is -2.99. The molecular weight excluding hydrogens is 348 g/mol. The molecular formula is C20H16N2O3S. The molecule has 5 nitrogen and oxygen atoms in total. The number of amides is 2. The first kappa shape index (κ1) is 16.5. The zero-order valence-corrected chi connectivity index (χ0v) is 14.9. The van der Waals surface area contributed by atoms with Crippen molar-refractivity contribution in [2.75, 3.05) is 4.90 Å². The zero-order valence-electron chi connectivity index (χ0n) is 14.1. The fourth-order valence-corrected chi connectivity index (χ4v) is 3.45. The fourth-order valence-electron chi connectivity index (χ4n) is 3.17. The lowest BCUT2D eigenvalue weighted by molar-refractivity contribution is -0.122. The molecule has 0 aliphatic carbocycles. The number of para-hydroxylation sites is 1. The molecule has 1 atom stereocenters. The van der Waals surface area contributed by atoms with E-state index in [0.29, 0.717) is 5.69 Å². The number of anilines is 1. The number of rotatable bonds is 2. The van der Waals surface area contributed by atoms with Crippen LogP contribution in [0, 0.1) is 0 Å². The molecule has 2 amide bonds. The summed E-state index contributed by atoms with van der Waals surface area (Å²) in [5.41, 5.74) is 2.52. The fraction of sp³-hybridized carbons (Fsp3) is 0.150. The Kier molecular flexibility index (Phi) is 4.05. The minimum atomic E-state index is -0.489. The van der Waals surface area contributed by atoms with Crippen LogP contribution in [0.3, 0.4) is 0 Å². The van der Waals surface area contributed by atoms with E-state index in [9.17, 15) is 9.59 Å². The van der Waals surface area contributed by atoms with Gasteiger partial charge < -0.3 is 4.74 Å². The SMILES string of the molecule is C[C@H]1Cc2cc(/C=C3/C(=O)NC(=S)N(c4ccccc4)C3=O)ccc2O1. The van der Waals surface area contributed by atoms with E-state index in [1.165, 1.54) is 4.90 Å². The van der Waals surface area contributed by atoms with Crippen molar-refractivity contribution >= 4 is 40.9 Å². The Morgan fingerprint density at radius 1 is 1.19 bits per heavy atom. The Morgan fingerprint density at radius 2 is 1.96 bits per heavy atom. The van der Waals surface area contributed by atoms with Crippen LogP contribution in [0.2, 0.25) is 0 Å². The molecule has 0 aromatic heterocycles. The van der Waals surface area contributed by atoms with Crippen molar-refractivity contribution in [1.82, 2.24) is 5.32 Å². The summed E-state index contributed by atoms with van der Waals surface area (Å²) in [6.07, 6.45) is 2.55. The summed E-state index contributed by atoms with van der Waals surface area (Å²) in [5.74, 6) is -0.0708. The first-order valence-electron chi connectivity index (χ1n) is 8.29. The van der Waals surface area contributed by atoms with Crippen LogP contribution in [0.15, 0.2) is 54.1 Å². The molecule has 2 aliphatic heterocycles. The predicted molar refractivity (Wildman–Crippen MR) is 103 cm³/mol. The summed E-state index contributed by atoms with van der Waals surface area (Å²) in [6, 6.07) is 14.7. The average Bonchev–Trinajstić information content (AvgIpc) is 2.98. The second kappa shape index (κ2) is 6.38. The van der Waals surface area contributed by atoms with Crippen molar-refractivity contribution in [3.63, 3.8) is 0 Å². The van der Waals surface area contributed by atoms with Crippen molar-refractivity contribution in [3.05, 3.63) is 65.2 Å². The standard InChI is InChI=1S/C20H16N2O3S/c1-12-9-14-10-13(7-8-17(14)25-12)11-16-18(23)21-20(26)22(19(16)24)15-5-3-2-4-6-15/h2-8,10-12H,9H2,1H3,(H,21,23,26)/b16-11-/t12-/m0/s1. The number of benzene rings is 2. The Morgan fingerprint density at radius 3 is 2.73 bits per heavy atom. The van der Waals surface area contributed by atoms with Crippen LogP contribution in [0.25, 0.3) is 6.08 Å². The molecule has 1 saturated heterocycles. The van der Waals surface area contributed by atoms with Gasteiger partial charge in [0.15, 0.2) is 5.11 Å². The number of fused-ring (bicyclic) bond motifs is 1. The number of nitrogens with one attached hydrogen (secondary N) is 1. The second-order valence-electron chi connectivity index (χ2n) is 6.29. The van der Waals surface area contributed by atoms with Crippen LogP contribution in [0.5, 0.6) is 5.75 Å². The molecule has 0 unspecified atom stereocenters. The summed E-state index contributed by atoms with van der Waals surface area (Å²) in [6.45, 7) is 2.01. The number of thiocarbonyl (C=S) groups is 1. The monoisotopic (exact) mass is 364 g/mol. The van der Waals surface area contributed by atoms with E-state index in [-0.39, 0.29) is 16.8 Å². The average molecular weight is 364 g/mol. The third-order valence-electron chi connectivity index (χ3n) is 4.35. The molecule has 2 aromatic carbocycles. The number of hydrogen-bond acceptors (Lipinski definition) is 4. The van der Waals surface area contributed by atoms with Crippen LogP contribution in [-0.4, -0.2) is 23.0 Å². The van der Waals surface area contributed by atoms with Crippen molar-refractivity contribution in [3.8, 4) is 5.75 Å². The first-order valence-corrected chi connectivity index (χ1v) is 8.70.